The highest BCUT2D eigenvalue weighted by Crippen LogP contribution is 2.45. The Morgan fingerprint density at radius 1 is 1.10 bits per heavy atom. The van der Waals surface area contributed by atoms with Gasteiger partial charge in [0, 0.05) is 30.3 Å². The van der Waals surface area contributed by atoms with E-state index in [1.165, 1.54) is 23.6 Å². The lowest BCUT2D eigenvalue weighted by Crippen LogP contribution is -2.49. The molecule has 2 aromatic carbocycles. The number of β-lactam (4-membered cyclic amide) rings is 1. The van der Waals surface area contributed by atoms with Gasteiger partial charge in [0.25, 0.3) is 0 Å². The van der Waals surface area contributed by atoms with Crippen molar-refractivity contribution in [1.29, 1.82) is 0 Å². The van der Waals surface area contributed by atoms with E-state index < -0.39 is 6.16 Å². The number of nitrogens with one attached hydrogen (secondary N) is 1. The Hall–Kier alpha value is -3.26. The number of carbonyl (C=O) groups is 3. The van der Waals surface area contributed by atoms with Gasteiger partial charge in [-0.1, -0.05) is 42.1 Å². The molecule has 1 fully saturated rings. The van der Waals surface area contributed by atoms with E-state index in [0.717, 1.165) is 15.4 Å². The average molecular weight is 424 g/mol. The van der Waals surface area contributed by atoms with Crippen molar-refractivity contribution >= 4 is 35.4 Å². The van der Waals surface area contributed by atoms with Crippen LogP contribution in [0.3, 0.4) is 0 Å². The highest BCUT2D eigenvalue weighted by Gasteiger charge is 2.47. The SMILES string of the molecule is CC(=O)Nc1ccc(SC2=C(OC(=O)OCc3ccccc3)N3C(=O)CC3C2)cc1. The molecule has 0 radical (unpaired) electrons. The number of hydrogen-bond acceptors (Lipinski definition) is 6. The lowest BCUT2D eigenvalue weighted by Gasteiger charge is -2.34. The van der Waals surface area contributed by atoms with Crippen LogP contribution in [0, 0.1) is 0 Å². The number of anilines is 1. The fourth-order valence-electron chi connectivity index (χ4n) is 3.33. The molecular formula is C22H20N2O5S. The van der Waals surface area contributed by atoms with Gasteiger partial charge in [-0.15, -0.1) is 0 Å². The quantitative estimate of drug-likeness (QED) is 0.551. The van der Waals surface area contributed by atoms with E-state index in [-0.39, 0.29) is 30.3 Å². The van der Waals surface area contributed by atoms with Crippen molar-refractivity contribution in [3.63, 3.8) is 0 Å². The van der Waals surface area contributed by atoms with Crippen molar-refractivity contribution in [3.05, 3.63) is 70.9 Å². The summed E-state index contributed by atoms with van der Waals surface area (Å²) in [6, 6.07) is 16.7. The minimum absolute atomic E-state index is 0.0237. The number of amides is 2. The first-order valence-corrected chi connectivity index (χ1v) is 10.3. The normalized spacial score (nSPS) is 17.3. The number of carbonyl (C=O) groups excluding carboxylic acids is 3. The smallest absolute Gasteiger partial charge is 0.429 e. The Morgan fingerprint density at radius 2 is 1.83 bits per heavy atom. The predicted octanol–water partition coefficient (Wildman–Crippen LogP) is 4.26. The number of fused-ring (bicyclic) bond motifs is 1. The maximum atomic E-state index is 12.2. The van der Waals surface area contributed by atoms with Crippen LogP contribution in [0.1, 0.15) is 25.3 Å². The monoisotopic (exact) mass is 424 g/mol. The number of thioether (sulfide) groups is 1. The zero-order valence-electron chi connectivity index (χ0n) is 16.3. The van der Waals surface area contributed by atoms with Gasteiger partial charge in [-0.2, -0.15) is 0 Å². The van der Waals surface area contributed by atoms with Gasteiger partial charge >= 0.3 is 6.16 Å². The third-order valence-electron chi connectivity index (χ3n) is 4.72. The summed E-state index contributed by atoms with van der Waals surface area (Å²) in [6.07, 6.45) is 0.233. The van der Waals surface area contributed by atoms with Crippen LogP contribution < -0.4 is 5.32 Å². The van der Waals surface area contributed by atoms with Crippen molar-refractivity contribution in [2.24, 2.45) is 0 Å². The van der Waals surface area contributed by atoms with E-state index in [0.29, 0.717) is 18.5 Å². The molecule has 0 aromatic heterocycles. The molecule has 2 aliphatic rings. The molecule has 0 spiro atoms. The second-order valence-corrected chi connectivity index (χ2v) is 8.16. The minimum Gasteiger partial charge on any atom is -0.429 e. The molecule has 2 aliphatic heterocycles. The molecule has 7 nitrogen and oxygen atoms in total. The van der Waals surface area contributed by atoms with Crippen molar-refractivity contribution in [3.8, 4) is 0 Å². The lowest BCUT2D eigenvalue weighted by atomic mass is 10.0. The van der Waals surface area contributed by atoms with Crippen LogP contribution in [0.2, 0.25) is 0 Å². The fourth-order valence-corrected chi connectivity index (χ4v) is 4.39. The van der Waals surface area contributed by atoms with Crippen LogP contribution in [-0.2, 0) is 25.7 Å². The standard InChI is InChI=1S/C22H20N2O5S/c1-14(25)23-16-7-9-18(10-8-16)30-19-11-17-12-20(26)24(17)21(19)29-22(27)28-13-15-5-3-2-4-6-15/h2-10,17H,11-13H2,1H3,(H,23,25). The van der Waals surface area contributed by atoms with Crippen LogP contribution >= 0.6 is 11.8 Å². The summed E-state index contributed by atoms with van der Waals surface area (Å²) in [4.78, 5) is 38.7. The molecule has 0 bridgehead atoms. The molecule has 30 heavy (non-hydrogen) atoms. The number of ether oxygens (including phenoxy) is 2. The first-order valence-electron chi connectivity index (χ1n) is 9.49. The molecule has 0 aliphatic carbocycles. The van der Waals surface area contributed by atoms with Gasteiger partial charge < -0.3 is 14.8 Å². The lowest BCUT2D eigenvalue weighted by molar-refractivity contribution is -0.144. The summed E-state index contributed by atoms with van der Waals surface area (Å²) in [6.45, 7) is 1.55. The molecule has 1 N–H and O–H groups in total. The highest BCUT2D eigenvalue weighted by molar-refractivity contribution is 8.03. The third kappa shape index (κ3) is 4.49. The van der Waals surface area contributed by atoms with Gasteiger partial charge in [-0.3, -0.25) is 14.5 Å². The summed E-state index contributed by atoms with van der Waals surface area (Å²) >= 11 is 1.43. The highest BCUT2D eigenvalue weighted by atomic mass is 32.2. The van der Waals surface area contributed by atoms with Gasteiger partial charge in [0.1, 0.15) is 6.61 Å². The van der Waals surface area contributed by atoms with Gasteiger partial charge in [-0.25, -0.2) is 4.79 Å². The second kappa shape index (κ2) is 8.62. The van der Waals surface area contributed by atoms with Gasteiger partial charge in [0.05, 0.1) is 10.9 Å². The summed E-state index contributed by atoms with van der Waals surface area (Å²) in [5.41, 5.74) is 1.55. The molecule has 8 heteroatoms. The molecule has 4 rings (SSSR count). The molecule has 2 amide bonds. The van der Waals surface area contributed by atoms with Crippen LogP contribution in [-0.4, -0.2) is 28.9 Å². The molecule has 154 valence electrons. The van der Waals surface area contributed by atoms with Crippen LogP contribution in [0.25, 0.3) is 0 Å². The molecule has 0 saturated carbocycles. The van der Waals surface area contributed by atoms with E-state index in [9.17, 15) is 14.4 Å². The average Bonchev–Trinajstić information content (AvgIpc) is 2.99. The number of hydrogen-bond donors (Lipinski definition) is 1. The molecule has 2 heterocycles. The van der Waals surface area contributed by atoms with Gasteiger partial charge in [0.15, 0.2) is 0 Å². The summed E-state index contributed by atoms with van der Waals surface area (Å²) in [7, 11) is 0. The van der Waals surface area contributed by atoms with Crippen molar-refractivity contribution < 1.29 is 23.9 Å². The second-order valence-electron chi connectivity index (χ2n) is 6.99. The minimum atomic E-state index is -0.840. The Balaban J connectivity index is 1.44. The van der Waals surface area contributed by atoms with Crippen molar-refractivity contribution in [1.82, 2.24) is 4.90 Å². The number of rotatable bonds is 6. The van der Waals surface area contributed by atoms with E-state index >= 15 is 0 Å². The predicted molar refractivity (Wildman–Crippen MR) is 111 cm³/mol. The third-order valence-corrected chi connectivity index (χ3v) is 5.81. The molecule has 2 aromatic rings. The first kappa shape index (κ1) is 20.0. The Kier molecular flexibility index (Phi) is 5.76. The zero-order valence-corrected chi connectivity index (χ0v) is 17.1. The van der Waals surface area contributed by atoms with Gasteiger partial charge in [-0.05, 0) is 29.8 Å². The van der Waals surface area contributed by atoms with Crippen molar-refractivity contribution in [2.45, 2.75) is 37.3 Å². The number of benzene rings is 2. The van der Waals surface area contributed by atoms with Crippen LogP contribution in [0.15, 0.2) is 70.3 Å². The molecule has 1 atom stereocenters. The maximum absolute atomic E-state index is 12.2. The zero-order chi connectivity index (χ0) is 21.1. The number of nitrogens with zero attached hydrogens (tertiary/aromatic N) is 1. The maximum Gasteiger partial charge on any atom is 0.515 e. The van der Waals surface area contributed by atoms with Crippen LogP contribution in [0.5, 0.6) is 0 Å². The van der Waals surface area contributed by atoms with E-state index in [1.54, 1.807) is 12.1 Å². The fraction of sp³-hybridized carbons (Fsp3) is 0.227. The van der Waals surface area contributed by atoms with Crippen LogP contribution in [0.4, 0.5) is 10.5 Å². The van der Waals surface area contributed by atoms with E-state index in [1.807, 2.05) is 42.5 Å². The van der Waals surface area contributed by atoms with E-state index in [2.05, 4.69) is 5.32 Å². The largest absolute Gasteiger partial charge is 0.515 e. The molecule has 1 unspecified atom stereocenters. The summed E-state index contributed by atoms with van der Waals surface area (Å²) < 4.78 is 10.6. The molecule has 1 saturated heterocycles. The molecular weight excluding hydrogens is 404 g/mol. The Bertz CT molecular complexity index is 1000. The topological polar surface area (TPSA) is 84.9 Å². The summed E-state index contributed by atoms with van der Waals surface area (Å²) in [5, 5.41) is 2.72. The van der Waals surface area contributed by atoms with Gasteiger partial charge in [0.2, 0.25) is 17.7 Å². The van der Waals surface area contributed by atoms with Crippen molar-refractivity contribution in [2.75, 3.05) is 5.32 Å². The Labute approximate surface area is 178 Å². The van der Waals surface area contributed by atoms with E-state index in [4.69, 9.17) is 9.47 Å². The summed E-state index contributed by atoms with van der Waals surface area (Å²) in [5.74, 6) is 0.0502. The first-order chi connectivity index (χ1) is 14.5. The Morgan fingerprint density at radius 3 is 2.50 bits per heavy atom.